The Bertz CT molecular complexity index is 36.5. The summed E-state index contributed by atoms with van der Waals surface area (Å²) in [5.41, 5.74) is 0. The molecule has 0 heterocycles. The molecule has 0 atom stereocenters. The lowest BCUT2D eigenvalue weighted by Crippen LogP contribution is -1.90. The summed E-state index contributed by atoms with van der Waals surface area (Å²) in [6.07, 6.45) is 1.66. The van der Waals surface area contributed by atoms with Crippen LogP contribution >= 0.6 is 0 Å². The first kappa shape index (κ1) is 5.76. The third-order valence-electron chi connectivity index (χ3n) is 0.354. The highest BCUT2D eigenvalue weighted by Crippen LogP contribution is 1.66. The Morgan fingerprint density at radius 2 is 2.50 bits per heavy atom. The van der Waals surface area contributed by atoms with Gasteiger partial charge in [0.15, 0.2) is 0 Å². The van der Waals surface area contributed by atoms with Crippen molar-refractivity contribution in [2.75, 3.05) is 13.1 Å². The molecule has 0 amide bonds. The summed E-state index contributed by atoms with van der Waals surface area (Å²) >= 11 is 0. The van der Waals surface area contributed by atoms with E-state index in [2.05, 4.69) is 11.3 Å². The van der Waals surface area contributed by atoms with Gasteiger partial charge in [0.25, 0.3) is 0 Å². The van der Waals surface area contributed by atoms with Crippen LogP contribution in [0.2, 0.25) is 0 Å². The van der Waals surface area contributed by atoms with Gasteiger partial charge in [-0.3, -0.25) is 0 Å². The van der Waals surface area contributed by atoms with E-state index in [1.54, 1.807) is 6.08 Å². The molecule has 0 aromatic rings. The Balaban J connectivity index is 2.49. The second kappa shape index (κ2) is 4.76. The van der Waals surface area contributed by atoms with E-state index in [1.807, 2.05) is 0 Å². The largest absolute Gasteiger partial charge is 0.387 e. The van der Waals surface area contributed by atoms with Gasteiger partial charge in [0.2, 0.25) is 0 Å². The van der Waals surface area contributed by atoms with Gasteiger partial charge in [0.05, 0.1) is 6.61 Å². The average Bonchev–Trinajstić information content (AvgIpc) is 1.61. The second-order valence-electron chi connectivity index (χ2n) is 0.826. The molecule has 0 aromatic heterocycles. The molecule has 0 spiro atoms. The molecule has 0 aliphatic heterocycles. The van der Waals surface area contributed by atoms with Gasteiger partial charge in [0, 0.05) is 6.51 Å². The van der Waals surface area contributed by atoms with Gasteiger partial charge in [-0.05, 0) is 0 Å². The fraction of sp³-hybridized carbons (Fsp3) is 0.500. The quantitative estimate of drug-likeness (QED) is 0.270. The van der Waals surface area contributed by atoms with Gasteiger partial charge in [-0.25, -0.2) is 0 Å². The van der Waals surface area contributed by atoms with E-state index in [4.69, 9.17) is 7.85 Å². The first-order chi connectivity index (χ1) is 2.91. The molecule has 0 fully saturated rings. The van der Waals surface area contributed by atoms with Crippen LogP contribution in [0.4, 0.5) is 0 Å². The summed E-state index contributed by atoms with van der Waals surface area (Å²) in [7, 11) is 4.94. The van der Waals surface area contributed by atoms with Crippen molar-refractivity contribution in [3.63, 3.8) is 0 Å². The van der Waals surface area contributed by atoms with Gasteiger partial charge in [-0.2, -0.15) is 0 Å². The van der Waals surface area contributed by atoms with Gasteiger partial charge >= 0.3 is 0 Å². The van der Waals surface area contributed by atoms with Crippen molar-refractivity contribution in [2.24, 2.45) is 0 Å². The third-order valence-corrected chi connectivity index (χ3v) is 0.354. The molecule has 0 unspecified atom stereocenters. The minimum atomic E-state index is 0.284. The maximum absolute atomic E-state index is 4.94. The standard InChI is InChI=1S/C4H7BO/c1-2-3-6-4-5/h2H,1,3-4H2. The zero-order valence-electron chi connectivity index (χ0n) is 3.68. The van der Waals surface area contributed by atoms with E-state index in [-0.39, 0.29) is 6.51 Å². The highest BCUT2D eigenvalue weighted by Gasteiger charge is 1.67. The molecule has 0 aliphatic carbocycles. The lowest BCUT2D eigenvalue weighted by Gasteiger charge is -1.88. The molecule has 0 aromatic carbocycles. The van der Waals surface area contributed by atoms with Crippen LogP contribution in [0.25, 0.3) is 0 Å². The molecular formula is C4H7BO. The van der Waals surface area contributed by atoms with E-state index in [1.165, 1.54) is 0 Å². The van der Waals surface area contributed by atoms with Crippen LogP contribution in [0.3, 0.4) is 0 Å². The van der Waals surface area contributed by atoms with Gasteiger partial charge in [0.1, 0.15) is 7.85 Å². The van der Waals surface area contributed by atoms with Crippen LogP contribution in [0, 0.1) is 0 Å². The molecule has 1 nitrogen and oxygen atoms in total. The Morgan fingerprint density at radius 1 is 1.83 bits per heavy atom. The van der Waals surface area contributed by atoms with Crippen LogP contribution in [0.5, 0.6) is 0 Å². The van der Waals surface area contributed by atoms with Crippen molar-refractivity contribution < 1.29 is 4.74 Å². The van der Waals surface area contributed by atoms with E-state index in [0.29, 0.717) is 6.61 Å². The Kier molecular flexibility index (Phi) is 4.58. The summed E-state index contributed by atoms with van der Waals surface area (Å²) < 4.78 is 4.64. The maximum Gasteiger partial charge on any atom is 0.104 e. The highest BCUT2D eigenvalue weighted by molar-refractivity contribution is 6.08. The lowest BCUT2D eigenvalue weighted by atomic mass is 10.2. The molecule has 6 heavy (non-hydrogen) atoms. The molecule has 0 rings (SSSR count). The summed E-state index contributed by atoms with van der Waals surface area (Å²) in [6, 6.07) is 0. The molecule has 32 valence electrons. The fourth-order valence-electron chi connectivity index (χ4n) is 0.151. The van der Waals surface area contributed by atoms with Crippen LogP contribution in [-0.2, 0) is 4.74 Å². The van der Waals surface area contributed by atoms with Crippen molar-refractivity contribution >= 4 is 7.85 Å². The van der Waals surface area contributed by atoms with E-state index >= 15 is 0 Å². The summed E-state index contributed by atoms with van der Waals surface area (Å²) in [4.78, 5) is 0. The van der Waals surface area contributed by atoms with Crippen molar-refractivity contribution in [3.05, 3.63) is 12.7 Å². The Morgan fingerprint density at radius 3 is 2.67 bits per heavy atom. The predicted molar refractivity (Wildman–Crippen MR) is 26.8 cm³/mol. The smallest absolute Gasteiger partial charge is 0.104 e. The summed E-state index contributed by atoms with van der Waals surface area (Å²) in [6.45, 7) is 4.25. The summed E-state index contributed by atoms with van der Waals surface area (Å²) in [5.74, 6) is 0. The van der Waals surface area contributed by atoms with Crippen molar-refractivity contribution in [1.29, 1.82) is 0 Å². The molecular weight excluding hydrogens is 74.9 g/mol. The first-order valence-corrected chi connectivity index (χ1v) is 1.80. The minimum Gasteiger partial charge on any atom is -0.387 e. The zero-order chi connectivity index (χ0) is 4.83. The fourth-order valence-corrected chi connectivity index (χ4v) is 0.151. The summed E-state index contributed by atoms with van der Waals surface area (Å²) in [5, 5.41) is 0. The highest BCUT2D eigenvalue weighted by atomic mass is 16.5. The monoisotopic (exact) mass is 82.1 g/mol. The predicted octanol–water partition coefficient (Wildman–Crippen LogP) is 0.315. The van der Waals surface area contributed by atoms with Crippen molar-refractivity contribution in [1.82, 2.24) is 0 Å². The number of hydrogen-bond donors (Lipinski definition) is 0. The third kappa shape index (κ3) is 3.76. The van der Waals surface area contributed by atoms with E-state index < -0.39 is 0 Å². The van der Waals surface area contributed by atoms with Gasteiger partial charge in [-0.1, -0.05) is 6.08 Å². The molecule has 2 heteroatoms. The molecule has 0 N–H and O–H groups in total. The van der Waals surface area contributed by atoms with Gasteiger partial charge in [-0.15, -0.1) is 6.58 Å². The molecule has 2 radical (unpaired) electrons. The first-order valence-electron chi connectivity index (χ1n) is 1.80. The van der Waals surface area contributed by atoms with Crippen LogP contribution in [-0.4, -0.2) is 21.0 Å². The van der Waals surface area contributed by atoms with E-state index in [0.717, 1.165) is 0 Å². The van der Waals surface area contributed by atoms with Crippen LogP contribution < -0.4 is 0 Å². The Labute approximate surface area is 39.4 Å². The number of rotatable bonds is 3. The van der Waals surface area contributed by atoms with Crippen LogP contribution in [0.15, 0.2) is 12.7 Å². The maximum atomic E-state index is 4.94. The average molecular weight is 81.9 g/mol. The topological polar surface area (TPSA) is 9.23 Å². The van der Waals surface area contributed by atoms with Gasteiger partial charge < -0.3 is 4.74 Å². The SMILES string of the molecule is [B]COCC=C. The minimum absolute atomic E-state index is 0.284. The molecule has 0 aliphatic rings. The zero-order valence-corrected chi connectivity index (χ0v) is 3.68. The molecule has 0 bridgehead atoms. The Hall–Kier alpha value is -0.235. The second-order valence-corrected chi connectivity index (χ2v) is 0.826. The lowest BCUT2D eigenvalue weighted by molar-refractivity contribution is 0.212. The number of ether oxygens (including phenoxy) is 1. The van der Waals surface area contributed by atoms with Crippen molar-refractivity contribution in [2.45, 2.75) is 0 Å². The van der Waals surface area contributed by atoms with Crippen molar-refractivity contribution in [3.8, 4) is 0 Å². The van der Waals surface area contributed by atoms with Crippen LogP contribution in [0.1, 0.15) is 0 Å². The molecule has 0 saturated carbocycles. The van der Waals surface area contributed by atoms with E-state index in [9.17, 15) is 0 Å². The number of hydrogen-bond acceptors (Lipinski definition) is 1. The molecule has 0 saturated heterocycles. The normalized spacial score (nSPS) is 8.00.